The van der Waals surface area contributed by atoms with Crippen LogP contribution in [0.5, 0.6) is 5.75 Å². The number of ether oxygens (including phenoxy) is 1. The molecule has 0 amide bonds. The lowest BCUT2D eigenvalue weighted by Crippen LogP contribution is -2.32. The second-order valence-corrected chi connectivity index (χ2v) is 3.38. The molecule has 2 N–H and O–H groups in total. The largest absolute Gasteiger partial charge is 0.479 e. The van der Waals surface area contributed by atoms with E-state index < -0.39 is 24.0 Å². The number of aliphatic hydroxyl groups is 1. The van der Waals surface area contributed by atoms with E-state index in [2.05, 4.69) is 0 Å². The Balaban J connectivity index is 2.37. The van der Waals surface area contributed by atoms with Crippen molar-refractivity contribution in [3.63, 3.8) is 0 Å². The summed E-state index contributed by atoms with van der Waals surface area (Å²) in [6, 6.07) is 3.67. The van der Waals surface area contributed by atoms with Crippen LogP contribution in [0, 0.1) is 5.82 Å². The number of hydrogen-bond acceptors (Lipinski definition) is 3. The van der Waals surface area contributed by atoms with Crippen molar-refractivity contribution in [2.24, 2.45) is 0 Å². The summed E-state index contributed by atoms with van der Waals surface area (Å²) in [6.07, 6.45) is -2.06. The highest BCUT2D eigenvalue weighted by molar-refractivity contribution is 5.73. The lowest BCUT2D eigenvalue weighted by molar-refractivity contribution is -0.147. The van der Waals surface area contributed by atoms with Crippen LogP contribution in [0.15, 0.2) is 18.2 Å². The van der Waals surface area contributed by atoms with Crippen LogP contribution in [0.25, 0.3) is 0 Å². The van der Waals surface area contributed by atoms with Crippen molar-refractivity contribution in [1.29, 1.82) is 0 Å². The van der Waals surface area contributed by atoms with Crippen LogP contribution in [-0.4, -0.2) is 22.3 Å². The van der Waals surface area contributed by atoms with E-state index in [1.54, 1.807) is 0 Å². The molecule has 4 nitrogen and oxygen atoms in total. The molecule has 1 heterocycles. The second-order valence-electron chi connectivity index (χ2n) is 3.38. The number of halogens is 1. The van der Waals surface area contributed by atoms with Gasteiger partial charge in [0.05, 0.1) is 6.10 Å². The standard InChI is InChI=1S/C10H9FO4/c11-5-1-2-6-7(12)4-9(10(13)14)15-8(6)3-5/h1-3,7,9,12H,4H2,(H,13,14). The van der Waals surface area contributed by atoms with Gasteiger partial charge < -0.3 is 14.9 Å². The van der Waals surface area contributed by atoms with Crippen LogP contribution in [0.1, 0.15) is 18.1 Å². The quantitative estimate of drug-likeness (QED) is 0.731. The average Bonchev–Trinajstić information content (AvgIpc) is 2.16. The molecule has 1 aliphatic rings. The van der Waals surface area contributed by atoms with Crippen LogP contribution in [-0.2, 0) is 4.79 Å². The Kier molecular flexibility index (Phi) is 2.32. The molecule has 2 unspecified atom stereocenters. The van der Waals surface area contributed by atoms with Gasteiger partial charge in [-0.2, -0.15) is 0 Å². The smallest absolute Gasteiger partial charge is 0.345 e. The van der Waals surface area contributed by atoms with Gasteiger partial charge in [-0.05, 0) is 12.1 Å². The zero-order chi connectivity index (χ0) is 11.0. The zero-order valence-corrected chi connectivity index (χ0v) is 7.68. The highest BCUT2D eigenvalue weighted by Crippen LogP contribution is 2.35. The van der Waals surface area contributed by atoms with Gasteiger partial charge >= 0.3 is 5.97 Å². The minimum atomic E-state index is -1.16. The number of aliphatic hydroxyl groups excluding tert-OH is 1. The van der Waals surface area contributed by atoms with E-state index in [-0.39, 0.29) is 12.2 Å². The van der Waals surface area contributed by atoms with Gasteiger partial charge in [-0.1, -0.05) is 0 Å². The fourth-order valence-electron chi connectivity index (χ4n) is 1.57. The maximum Gasteiger partial charge on any atom is 0.345 e. The topological polar surface area (TPSA) is 66.8 Å². The molecule has 0 fully saturated rings. The Bertz CT molecular complexity index is 404. The first-order chi connectivity index (χ1) is 7.08. The van der Waals surface area contributed by atoms with E-state index in [1.165, 1.54) is 12.1 Å². The summed E-state index contributed by atoms with van der Waals surface area (Å²) in [6.45, 7) is 0. The summed E-state index contributed by atoms with van der Waals surface area (Å²) in [5.74, 6) is -1.59. The second kappa shape index (κ2) is 3.51. The third-order valence-corrected chi connectivity index (χ3v) is 2.32. The highest BCUT2D eigenvalue weighted by atomic mass is 19.1. The fraction of sp³-hybridized carbons (Fsp3) is 0.300. The summed E-state index contributed by atoms with van der Waals surface area (Å²) in [5.41, 5.74) is 0.425. The van der Waals surface area contributed by atoms with Gasteiger partial charge in [-0.3, -0.25) is 0 Å². The fourth-order valence-corrected chi connectivity index (χ4v) is 1.57. The van der Waals surface area contributed by atoms with Crippen LogP contribution < -0.4 is 4.74 Å². The van der Waals surface area contributed by atoms with Crippen molar-refractivity contribution in [2.45, 2.75) is 18.6 Å². The number of benzene rings is 1. The lowest BCUT2D eigenvalue weighted by atomic mass is 9.99. The molecule has 0 saturated carbocycles. The van der Waals surface area contributed by atoms with Gasteiger partial charge in [-0.15, -0.1) is 0 Å². The molecule has 0 bridgehead atoms. The first kappa shape index (κ1) is 9.92. The van der Waals surface area contributed by atoms with Crippen LogP contribution in [0.2, 0.25) is 0 Å². The van der Waals surface area contributed by atoms with E-state index >= 15 is 0 Å². The maximum atomic E-state index is 12.8. The molecule has 2 rings (SSSR count). The number of carbonyl (C=O) groups is 1. The monoisotopic (exact) mass is 212 g/mol. The molecule has 1 aliphatic heterocycles. The third-order valence-electron chi connectivity index (χ3n) is 2.32. The first-order valence-electron chi connectivity index (χ1n) is 4.45. The van der Waals surface area contributed by atoms with E-state index in [1.807, 2.05) is 0 Å². The molecule has 1 aromatic rings. The van der Waals surface area contributed by atoms with Gasteiger partial charge in [0, 0.05) is 18.1 Å². The Morgan fingerprint density at radius 1 is 1.53 bits per heavy atom. The van der Waals surface area contributed by atoms with Gasteiger partial charge in [0.15, 0.2) is 6.10 Å². The molecular formula is C10H9FO4. The summed E-state index contributed by atoms with van der Waals surface area (Å²) in [4.78, 5) is 10.7. The molecular weight excluding hydrogens is 203 g/mol. The predicted octanol–water partition coefficient (Wildman–Crippen LogP) is 1.09. The average molecular weight is 212 g/mol. The van der Waals surface area contributed by atoms with Crippen LogP contribution in [0.4, 0.5) is 4.39 Å². The van der Waals surface area contributed by atoms with Crippen LogP contribution >= 0.6 is 0 Å². The normalized spacial score (nSPS) is 24.1. The molecule has 15 heavy (non-hydrogen) atoms. The summed E-state index contributed by atoms with van der Waals surface area (Å²) in [5, 5.41) is 18.3. The van der Waals surface area contributed by atoms with E-state index in [0.717, 1.165) is 6.07 Å². The van der Waals surface area contributed by atoms with E-state index in [4.69, 9.17) is 9.84 Å². The lowest BCUT2D eigenvalue weighted by Gasteiger charge is -2.26. The van der Waals surface area contributed by atoms with E-state index in [9.17, 15) is 14.3 Å². The highest BCUT2D eigenvalue weighted by Gasteiger charge is 2.31. The number of hydrogen-bond donors (Lipinski definition) is 2. The summed E-state index contributed by atoms with van der Waals surface area (Å²) >= 11 is 0. The molecule has 0 radical (unpaired) electrons. The first-order valence-corrected chi connectivity index (χ1v) is 4.45. The molecule has 0 spiro atoms. The molecule has 0 saturated heterocycles. The van der Waals surface area contributed by atoms with Crippen molar-refractivity contribution in [1.82, 2.24) is 0 Å². The number of carboxylic acids is 1. The van der Waals surface area contributed by atoms with Gasteiger partial charge in [0.1, 0.15) is 11.6 Å². The Morgan fingerprint density at radius 3 is 2.93 bits per heavy atom. The molecule has 2 atom stereocenters. The minimum Gasteiger partial charge on any atom is -0.479 e. The number of fused-ring (bicyclic) bond motifs is 1. The van der Waals surface area contributed by atoms with Crippen molar-refractivity contribution < 1.29 is 24.1 Å². The minimum absolute atomic E-state index is 0.0199. The molecule has 5 heteroatoms. The van der Waals surface area contributed by atoms with Crippen molar-refractivity contribution in [3.8, 4) is 5.75 Å². The van der Waals surface area contributed by atoms with Gasteiger partial charge in [-0.25, -0.2) is 9.18 Å². The van der Waals surface area contributed by atoms with E-state index in [0.29, 0.717) is 5.56 Å². The van der Waals surface area contributed by atoms with Crippen LogP contribution in [0.3, 0.4) is 0 Å². The Labute approximate surface area is 84.9 Å². The predicted molar refractivity (Wildman–Crippen MR) is 48.0 cm³/mol. The molecule has 1 aromatic carbocycles. The summed E-state index contributed by atoms with van der Waals surface area (Å²) in [7, 11) is 0. The zero-order valence-electron chi connectivity index (χ0n) is 7.68. The summed E-state index contributed by atoms with van der Waals surface area (Å²) < 4.78 is 17.9. The molecule has 80 valence electrons. The SMILES string of the molecule is O=C(O)C1CC(O)c2ccc(F)cc2O1. The Morgan fingerprint density at radius 2 is 2.27 bits per heavy atom. The van der Waals surface area contributed by atoms with Crippen molar-refractivity contribution in [2.75, 3.05) is 0 Å². The Hall–Kier alpha value is -1.62. The third kappa shape index (κ3) is 1.78. The number of aliphatic carboxylic acids is 1. The maximum absolute atomic E-state index is 12.8. The molecule has 0 aliphatic carbocycles. The number of carboxylic acid groups (broad SMARTS) is 1. The van der Waals surface area contributed by atoms with Crippen molar-refractivity contribution in [3.05, 3.63) is 29.6 Å². The van der Waals surface area contributed by atoms with Gasteiger partial charge in [0.25, 0.3) is 0 Å². The number of rotatable bonds is 1. The van der Waals surface area contributed by atoms with Crippen molar-refractivity contribution >= 4 is 5.97 Å². The molecule has 0 aromatic heterocycles. The van der Waals surface area contributed by atoms with Gasteiger partial charge in [0.2, 0.25) is 0 Å².